The van der Waals surface area contributed by atoms with Crippen molar-refractivity contribution in [2.45, 2.75) is 25.5 Å². The third kappa shape index (κ3) is 2.77. The second-order valence-corrected chi connectivity index (χ2v) is 5.90. The summed E-state index contributed by atoms with van der Waals surface area (Å²) in [4.78, 5) is 17.5. The Morgan fingerprint density at radius 2 is 2.44 bits per heavy atom. The molecule has 1 aromatic rings. The van der Waals surface area contributed by atoms with E-state index in [1.165, 1.54) is 6.20 Å². The number of nitrogens with zero attached hydrogens (tertiary/aromatic N) is 2. The first-order valence-electron chi connectivity index (χ1n) is 6.18. The summed E-state index contributed by atoms with van der Waals surface area (Å²) in [5, 5.41) is 9.83. The number of carboxylic acids is 1. The first kappa shape index (κ1) is 13.2. The van der Waals surface area contributed by atoms with Crippen molar-refractivity contribution in [2.24, 2.45) is 0 Å². The van der Waals surface area contributed by atoms with Gasteiger partial charge in [0.1, 0.15) is 5.56 Å². The predicted molar refractivity (Wildman–Crippen MR) is 74.7 cm³/mol. The number of hydrogen-bond donors (Lipinski definition) is 1. The highest BCUT2D eigenvalue weighted by Gasteiger charge is 2.23. The van der Waals surface area contributed by atoms with Gasteiger partial charge in [-0.3, -0.25) is 4.98 Å². The Bertz CT molecular complexity index is 451. The summed E-state index contributed by atoms with van der Waals surface area (Å²) in [7, 11) is 0. The van der Waals surface area contributed by atoms with E-state index < -0.39 is 5.97 Å². The van der Waals surface area contributed by atoms with Gasteiger partial charge in [-0.1, -0.05) is 6.92 Å². The molecule has 0 aromatic carbocycles. The van der Waals surface area contributed by atoms with Gasteiger partial charge in [-0.05, 0) is 19.4 Å². The zero-order chi connectivity index (χ0) is 13.1. The molecule has 1 saturated heterocycles. The van der Waals surface area contributed by atoms with Crippen LogP contribution in [0.1, 0.15) is 29.4 Å². The van der Waals surface area contributed by atoms with Crippen molar-refractivity contribution in [1.29, 1.82) is 0 Å². The number of anilines is 1. The first-order valence-corrected chi connectivity index (χ1v) is 7.23. The number of aromatic nitrogens is 1. The van der Waals surface area contributed by atoms with Crippen LogP contribution in [0.5, 0.6) is 0 Å². The zero-order valence-electron chi connectivity index (χ0n) is 10.7. The Labute approximate surface area is 111 Å². The van der Waals surface area contributed by atoms with E-state index >= 15 is 0 Å². The van der Waals surface area contributed by atoms with Crippen LogP contribution < -0.4 is 4.90 Å². The highest BCUT2D eigenvalue weighted by atomic mass is 32.2. The molecule has 0 bridgehead atoms. The zero-order valence-corrected chi connectivity index (χ0v) is 11.5. The summed E-state index contributed by atoms with van der Waals surface area (Å²) in [6.45, 7) is 5.90. The van der Waals surface area contributed by atoms with Gasteiger partial charge in [0.25, 0.3) is 0 Å². The number of thioether (sulfide) groups is 1. The minimum absolute atomic E-state index is 0.308. The summed E-state index contributed by atoms with van der Waals surface area (Å²) in [5.74, 6) is 0.155. The van der Waals surface area contributed by atoms with E-state index in [1.54, 1.807) is 0 Å². The summed E-state index contributed by atoms with van der Waals surface area (Å²) >= 11 is 1.98. The summed E-state index contributed by atoms with van der Waals surface area (Å²) in [5.41, 5.74) is 1.98. The fraction of sp³-hybridized carbons (Fsp3) is 0.538. The van der Waals surface area contributed by atoms with Crippen LogP contribution in [0.15, 0.2) is 12.3 Å². The molecular formula is C13H18N2O2S. The lowest BCUT2D eigenvalue weighted by atomic mass is 10.1. The first-order chi connectivity index (χ1) is 8.61. The molecule has 1 N–H and O–H groups in total. The van der Waals surface area contributed by atoms with Crippen LogP contribution in [-0.2, 0) is 0 Å². The van der Waals surface area contributed by atoms with E-state index in [-0.39, 0.29) is 0 Å². The smallest absolute Gasteiger partial charge is 0.339 e. The minimum atomic E-state index is -0.899. The van der Waals surface area contributed by atoms with Crippen LogP contribution in [0.2, 0.25) is 0 Å². The van der Waals surface area contributed by atoms with Crippen LogP contribution in [0.4, 0.5) is 5.69 Å². The molecule has 0 amide bonds. The fourth-order valence-electron chi connectivity index (χ4n) is 2.16. The van der Waals surface area contributed by atoms with Crippen molar-refractivity contribution in [3.05, 3.63) is 23.5 Å². The number of aromatic carboxylic acids is 1. The fourth-order valence-corrected chi connectivity index (χ4v) is 3.34. The molecule has 0 radical (unpaired) electrons. The average molecular weight is 266 g/mol. The van der Waals surface area contributed by atoms with Gasteiger partial charge in [0.05, 0.1) is 5.69 Å². The lowest BCUT2D eigenvalue weighted by molar-refractivity contribution is 0.0697. The minimum Gasteiger partial charge on any atom is -0.478 e. The highest BCUT2D eigenvalue weighted by molar-refractivity contribution is 8.00. The molecule has 98 valence electrons. The van der Waals surface area contributed by atoms with E-state index in [9.17, 15) is 9.90 Å². The molecule has 4 nitrogen and oxygen atoms in total. The molecule has 2 rings (SSSR count). The number of aryl methyl sites for hydroxylation is 1. The van der Waals surface area contributed by atoms with Crippen LogP contribution in [0, 0.1) is 6.92 Å². The Kier molecular flexibility index (Phi) is 4.11. The maximum atomic E-state index is 11.3. The third-order valence-electron chi connectivity index (χ3n) is 3.18. The monoisotopic (exact) mass is 266 g/mol. The van der Waals surface area contributed by atoms with Crippen LogP contribution in [0.3, 0.4) is 0 Å². The van der Waals surface area contributed by atoms with Crippen molar-refractivity contribution in [3.8, 4) is 0 Å². The molecule has 0 saturated carbocycles. The molecule has 1 fully saturated rings. The van der Waals surface area contributed by atoms with Crippen LogP contribution >= 0.6 is 11.8 Å². The standard InChI is InChI=1S/C13H18N2O2S/c1-3-10-8-15(4-5-18-10)12-6-9(2)14-7-11(12)13(16)17/h6-7,10H,3-5,8H2,1-2H3,(H,16,17). The SMILES string of the molecule is CCC1CN(c2cc(C)ncc2C(=O)O)CCS1. The maximum absolute atomic E-state index is 11.3. The average Bonchev–Trinajstić information content (AvgIpc) is 2.38. The molecule has 1 aliphatic heterocycles. The normalized spacial score (nSPS) is 19.9. The van der Waals surface area contributed by atoms with Crippen molar-refractivity contribution in [2.75, 3.05) is 23.7 Å². The second-order valence-electron chi connectivity index (χ2n) is 4.50. The van der Waals surface area contributed by atoms with E-state index in [2.05, 4.69) is 16.8 Å². The molecule has 5 heteroatoms. The van der Waals surface area contributed by atoms with Gasteiger partial charge in [0, 0.05) is 36.0 Å². The van der Waals surface area contributed by atoms with Gasteiger partial charge in [-0.25, -0.2) is 4.79 Å². The maximum Gasteiger partial charge on any atom is 0.339 e. The molecule has 0 aliphatic carbocycles. The van der Waals surface area contributed by atoms with Gasteiger partial charge in [-0.15, -0.1) is 0 Å². The number of carboxylic acid groups (broad SMARTS) is 1. The van der Waals surface area contributed by atoms with E-state index in [0.717, 1.165) is 36.6 Å². The van der Waals surface area contributed by atoms with Gasteiger partial charge >= 0.3 is 5.97 Å². The number of hydrogen-bond acceptors (Lipinski definition) is 4. The summed E-state index contributed by atoms with van der Waals surface area (Å²) < 4.78 is 0. The molecule has 0 spiro atoms. The molecule has 1 aromatic heterocycles. The number of pyridine rings is 1. The van der Waals surface area contributed by atoms with Crippen molar-refractivity contribution >= 4 is 23.4 Å². The van der Waals surface area contributed by atoms with E-state index in [4.69, 9.17) is 0 Å². The van der Waals surface area contributed by atoms with Gasteiger partial charge in [-0.2, -0.15) is 11.8 Å². The van der Waals surface area contributed by atoms with Gasteiger partial charge in [0.15, 0.2) is 0 Å². The molecular weight excluding hydrogens is 248 g/mol. The summed E-state index contributed by atoms with van der Waals surface area (Å²) in [6.07, 6.45) is 2.59. The Balaban J connectivity index is 2.31. The predicted octanol–water partition coefficient (Wildman–Crippen LogP) is 2.42. The molecule has 2 heterocycles. The van der Waals surface area contributed by atoms with Crippen molar-refractivity contribution in [3.63, 3.8) is 0 Å². The van der Waals surface area contributed by atoms with Crippen LogP contribution in [0.25, 0.3) is 0 Å². The Morgan fingerprint density at radius 1 is 1.67 bits per heavy atom. The van der Waals surface area contributed by atoms with Crippen molar-refractivity contribution < 1.29 is 9.90 Å². The number of carbonyl (C=O) groups is 1. The topological polar surface area (TPSA) is 53.4 Å². The molecule has 18 heavy (non-hydrogen) atoms. The van der Waals surface area contributed by atoms with E-state index in [0.29, 0.717) is 10.8 Å². The number of rotatable bonds is 3. The third-order valence-corrected chi connectivity index (χ3v) is 4.56. The second kappa shape index (κ2) is 5.61. The lowest BCUT2D eigenvalue weighted by Gasteiger charge is -2.34. The van der Waals surface area contributed by atoms with Gasteiger partial charge < -0.3 is 10.0 Å². The Hall–Kier alpha value is -1.23. The van der Waals surface area contributed by atoms with Crippen LogP contribution in [-0.4, -0.2) is 40.2 Å². The quantitative estimate of drug-likeness (QED) is 0.910. The molecule has 1 atom stereocenters. The Morgan fingerprint density at radius 3 is 3.11 bits per heavy atom. The van der Waals surface area contributed by atoms with Crippen molar-refractivity contribution in [1.82, 2.24) is 4.98 Å². The molecule has 1 unspecified atom stereocenters. The molecule has 1 aliphatic rings. The largest absolute Gasteiger partial charge is 0.478 e. The lowest BCUT2D eigenvalue weighted by Crippen LogP contribution is -2.38. The highest BCUT2D eigenvalue weighted by Crippen LogP contribution is 2.28. The summed E-state index contributed by atoms with van der Waals surface area (Å²) in [6, 6.07) is 1.88. The van der Waals surface area contributed by atoms with E-state index in [1.807, 2.05) is 24.8 Å². The van der Waals surface area contributed by atoms with Gasteiger partial charge in [0.2, 0.25) is 0 Å².